The van der Waals surface area contributed by atoms with Crippen molar-refractivity contribution in [2.45, 2.75) is 25.8 Å². The van der Waals surface area contributed by atoms with E-state index >= 15 is 0 Å². The molecule has 0 amide bonds. The van der Waals surface area contributed by atoms with Crippen molar-refractivity contribution in [2.24, 2.45) is 0 Å². The number of rotatable bonds is 7. The summed E-state index contributed by atoms with van der Waals surface area (Å²) in [5, 5.41) is 3.29. The van der Waals surface area contributed by atoms with Crippen LogP contribution in [0.3, 0.4) is 0 Å². The summed E-state index contributed by atoms with van der Waals surface area (Å²) >= 11 is 0. The standard InChI is InChI=1S/C14H30N4O2S/c1-3-18-8-4-5-14(18)13-16(2)21(19,20)12-11-17-9-6-15-7-10-17/h14-15H,3-13H2,1-2H3. The van der Waals surface area contributed by atoms with Crippen LogP contribution < -0.4 is 5.32 Å². The minimum Gasteiger partial charge on any atom is -0.314 e. The molecule has 1 unspecified atom stereocenters. The highest BCUT2D eigenvalue weighted by atomic mass is 32.2. The molecule has 2 fully saturated rings. The SMILES string of the molecule is CCN1CCCC1CN(C)S(=O)(=O)CCN1CCNCC1. The van der Waals surface area contributed by atoms with Crippen molar-refractivity contribution in [1.29, 1.82) is 0 Å². The van der Waals surface area contributed by atoms with Gasteiger partial charge in [0.2, 0.25) is 10.0 Å². The molecule has 1 atom stereocenters. The number of sulfonamides is 1. The maximum absolute atomic E-state index is 12.4. The number of likely N-dealkylation sites (N-methyl/N-ethyl adjacent to an activating group) is 2. The van der Waals surface area contributed by atoms with E-state index in [4.69, 9.17) is 0 Å². The zero-order valence-electron chi connectivity index (χ0n) is 13.4. The molecule has 0 aromatic heterocycles. The van der Waals surface area contributed by atoms with Crippen molar-refractivity contribution in [1.82, 2.24) is 19.4 Å². The summed E-state index contributed by atoms with van der Waals surface area (Å²) in [5.74, 6) is 0.238. The van der Waals surface area contributed by atoms with Crippen LogP contribution in [0.4, 0.5) is 0 Å². The van der Waals surface area contributed by atoms with Gasteiger partial charge in [0.15, 0.2) is 0 Å². The lowest BCUT2D eigenvalue weighted by atomic mass is 10.2. The fraction of sp³-hybridized carbons (Fsp3) is 1.00. The third-order valence-corrected chi connectivity index (χ3v) is 6.52. The van der Waals surface area contributed by atoms with Crippen LogP contribution in [0.25, 0.3) is 0 Å². The quantitative estimate of drug-likeness (QED) is 0.695. The van der Waals surface area contributed by atoms with Gasteiger partial charge in [-0.3, -0.25) is 9.80 Å². The molecule has 21 heavy (non-hydrogen) atoms. The van der Waals surface area contributed by atoms with Gasteiger partial charge in [-0.2, -0.15) is 0 Å². The van der Waals surface area contributed by atoms with Crippen LogP contribution >= 0.6 is 0 Å². The normalized spacial score (nSPS) is 25.8. The summed E-state index contributed by atoms with van der Waals surface area (Å²) < 4.78 is 26.4. The number of hydrogen-bond acceptors (Lipinski definition) is 5. The summed E-state index contributed by atoms with van der Waals surface area (Å²) in [6.45, 7) is 9.38. The van der Waals surface area contributed by atoms with Crippen molar-refractivity contribution in [3.8, 4) is 0 Å². The Morgan fingerprint density at radius 2 is 1.95 bits per heavy atom. The van der Waals surface area contributed by atoms with Crippen LogP contribution in [-0.4, -0.2) is 93.7 Å². The van der Waals surface area contributed by atoms with Crippen molar-refractivity contribution in [3.05, 3.63) is 0 Å². The van der Waals surface area contributed by atoms with Crippen molar-refractivity contribution < 1.29 is 8.42 Å². The largest absolute Gasteiger partial charge is 0.314 e. The number of hydrogen-bond donors (Lipinski definition) is 1. The molecule has 7 heteroatoms. The molecule has 0 bridgehead atoms. The van der Waals surface area contributed by atoms with Gasteiger partial charge in [-0.15, -0.1) is 0 Å². The predicted molar refractivity (Wildman–Crippen MR) is 86.0 cm³/mol. The fourth-order valence-corrected chi connectivity index (χ4v) is 4.46. The van der Waals surface area contributed by atoms with Gasteiger partial charge in [0.1, 0.15) is 0 Å². The van der Waals surface area contributed by atoms with Crippen molar-refractivity contribution >= 4 is 10.0 Å². The summed E-state index contributed by atoms with van der Waals surface area (Å²) in [5.41, 5.74) is 0. The molecule has 2 heterocycles. The average Bonchev–Trinajstić information content (AvgIpc) is 2.93. The van der Waals surface area contributed by atoms with Crippen molar-refractivity contribution in [2.75, 3.05) is 65.2 Å². The predicted octanol–water partition coefficient (Wildman–Crippen LogP) is -0.362. The Morgan fingerprint density at radius 1 is 1.24 bits per heavy atom. The Morgan fingerprint density at radius 3 is 2.62 bits per heavy atom. The van der Waals surface area contributed by atoms with E-state index in [0.29, 0.717) is 19.1 Å². The molecular weight excluding hydrogens is 288 g/mol. The Bertz CT molecular complexity index is 409. The van der Waals surface area contributed by atoms with Crippen LogP contribution in [-0.2, 0) is 10.0 Å². The minimum atomic E-state index is -3.13. The first kappa shape index (κ1) is 17.1. The highest BCUT2D eigenvalue weighted by Gasteiger charge is 2.28. The molecule has 124 valence electrons. The van der Waals surface area contributed by atoms with Gasteiger partial charge in [0, 0.05) is 52.4 Å². The maximum Gasteiger partial charge on any atom is 0.215 e. The summed E-state index contributed by atoms with van der Waals surface area (Å²) in [6, 6.07) is 0.397. The van der Waals surface area contributed by atoms with E-state index in [1.807, 2.05) is 0 Å². The van der Waals surface area contributed by atoms with Gasteiger partial charge in [-0.1, -0.05) is 6.92 Å². The second-order valence-electron chi connectivity index (χ2n) is 6.11. The molecule has 0 aromatic rings. The number of nitrogens with one attached hydrogen (secondary N) is 1. The van der Waals surface area contributed by atoms with Gasteiger partial charge in [0.25, 0.3) is 0 Å². The van der Waals surface area contributed by atoms with E-state index in [9.17, 15) is 8.42 Å². The van der Waals surface area contributed by atoms with E-state index in [1.165, 1.54) is 6.42 Å². The first-order valence-electron chi connectivity index (χ1n) is 8.14. The number of piperazine rings is 1. The third kappa shape index (κ3) is 4.89. The smallest absolute Gasteiger partial charge is 0.215 e. The van der Waals surface area contributed by atoms with Gasteiger partial charge in [-0.05, 0) is 25.9 Å². The molecule has 2 saturated heterocycles. The van der Waals surface area contributed by atoms with E-state index in [1.54, 1.807) is 11.4 Å². The van der Waals surface area contributed by atoms with Crippen LogP contribution in [0, 0.1) is 0 Å². The van der Waals surface area contributed by atoms with Crippen LogP contribution in [0.1, 0.15) is 19.8 Å². The van der Waals surface area contributed by atoms with E-state index in [-0.39, 0.29) is 5.75 Å². The molecule has 2 aliphatic heterocycles. The first-order chi connectivity index (χ1) is 10.0. The third-order valence-electron chi connectivity index (χ3n) is 4.72. The second-order valence-corrected chi connectivity index (χ2v) is 8.31. The Hall–Kier alpha value is -0.210. The lowest BCUT2D eigenvalue weighted by Crippen LogP contribution is -2.47. The van der Waals surface area contributed by atoms with E-state index < -0.39 is 10.0 Å². The average molecular weight is 318 g/mol. The highest BCUT2D eigenvalue weighted by molar-refractivity contribution is 7.89. The Balaban J connectivity index is 1.80. The van der Waals surface area contributed by atoms with Gasteiger partial charge >= 0.3 is 0 Å². The second kappa shape index (κ2) is 7.87. The molecule has 0 radical (unpaired) electrons. The van der Waals surface area contributed by atoms with E-state index in [2.05, 4.69) is 22.0 Å². The summed E-state index contributed by atoms with van der Waals surface area (Å²) in [4.78, 5) is 4.62. The molecule has 1 N–H and O–H groups in total. The summed E-state index contributed by atoms with van der Waals surface area (Å²) in [7, 11) is -1.40. The summed E-state index contributed by atoms with van der Waals surface area (Å²) in [6.07, 6.45) is 2.30. The molecule has 2 rings (SSSR count). The number of likely N-dealkylation sites (tertiary alicyclic amines) is 1. The van der Waals surface area contributed by atoms with Gasteiger partial charge < -0.3 is 5.32 Å². The molecule has 0 aliphatic carbocycles. The number of nitrogens with zero attached hydrogens (tertiary/aromatic N) is 3. The van der Waals surface area contributed by atoms with E-state index in [0.717, 1.165) is 45.7 Å². The molecular formula is C14H30N4O2S. The monoisotopic (exact) mass is 318 g/mol. The van der Waals surface area contributed by atoms with Crippen LogP contribution in [0.5, 0.6) is 0 Å². The topological polar surface area (TPSA) is 55.9 Å². The lowest BCUT2D eigenvalue weighted by molar-refractivity contribution is 0.235. The van der Waals surface area contributed by atoms with Crippen molar-refractivity contribution in [3.63, 3.8) is 0 Å². The Kier molecular flexibility index (Phi) is 6.43. The van der Waals surface area contributed by atoms with Crippen LogP contribution in [0.2, 0.25) is 0 Å². The molecule has 2 aliphatic rings. The van der Waals surface area contributed by atoms with Crippen LogP contribution in [0.15, 0.2) is 0 Å². The maximum atomic E-state index is 12.4. The van der Waals surface area contributed by atoms with Gasteiger partial charge in [-0.25, -0.2) is 12.7 Å². The lowest BCUT2D eigenvalue weighted by Gasteiger charge is -2.29. The zero-order valence-corrected chi connectivity index (χ0v) is 14.2. The fourth-order valence-electron chi connectivity index (χ4n) is 3.26. The highest BCUT2D eigenvalue weighted by Crippen LogP contribution is 2.18. The first-order valence-corrected chi connectivity index (χ1v) is 9.75. The van der Waals surface area contributed by atoms with Gasteiger partial charge in [0.05, 0.1) is 5.75 Å². The Labute approximate surface area is 129 Å². The molecule has 0 aromatic carbocycles. The molecule has 6 nitrogen and oxygen atoms in total. The zero-order chi connectivity index (χ0) is 15.3. The molecule has 0 spiro atoms. The molecule has 0 saturated carbocycles. The minimum absolute atomic E-state index is 0.238.